The lowest BCUT2D eigenvalue weighted by molar-refractivity contribution is 0.141. The molecule has 2 aromatic carbocycles. The molecule has 0 aliphatic carbocycles. The van der Waals surface area contributed by atoms with E-state index in [1.165, 1.54) is 22.7 Å². The Hall–Kier alpha value is -3.32. The smallest absolute Gasteiger partial charge is 0.217 e. The molecule has 0 saturated carbocycles. The lowest BCUT2D eigenvalue weighted by Crippen LogP contribution is -2.41. The van der Waals surface area contributed by atoms with E-state index in [1.807, 2.05) is 70.7 Å². The Balaban J connectivity index is 1.21. The molecule has 0 atom stereocenters. The fourth-order valence-electron chi connectivity index (χ4n) is 3.73. The van der Waals surface area contributed by atoms with Gasteiger partial charge in [-0.3, -0.25) is 19.2 Å². The SMILES string of the molecule is Oc1c(/C=N\N2CCN(/N=C/c3sc(=S)n(-c4ccccc4)c3O)CC2)sc(=S)n1-c1ccccc1. The topological polar surface area (TPSA) is 81.5 Å². The summed E-state index contributed by atoms with van der Waals surface area (Å²) in [5.41, 5.74) is 1.63. The minimum absolute atomic E-state index is 0.0905. The molecule has 8 nitrogen and oxygen atoms in total. The number of hydrazone groups is 2. The number of rotatable bonds is 6. The van der Waals surface area contributed by atoms with Crippen molar-refractivity contribution >= 4 is 59.5 Å². The van der Waals surface area contributed by atoms with Crippen LogP contribution < -0.4 is 0 Å². The van der Waals surface area contributed by atoms with Crippen LogP contribution in [0, 0.1) is 7.91 Å². The van der Waals surface area contributed by atoms with Crippen molar-refractivity contribution in [3.8, 4) is 23.1 Å². The third-order valence-electron chi connectivity index (χ3n) is 5.56. The van der Waals surface area contributed by atoms with Crippen molar-refractivity contribution in [3.05, 3.63) is 78.3 Å². The van der Waals surface area contributed by atoms with Crippen molar-refractivity contribution in [1.82, 2.24) is 19.2 Å². The lowest BCUT2D eigenvalue weighted by Gasteiger charge is -2.30. The predicted molar refractivity (Wildman–Crippen MR) is 151 cm³/mol. The Kier molecular flexibility index (Phi) is 7.28. The van der Waals surface area contributed by atoms with E-state index in [4.69, 9.17) is 24.4 Å². The van der Waals surface area contributed by atoms with Crippen LogP contribution in [-0.2, 0) is 0 Å². The van der Waals surface area contributed by atoms with Crippen LogP contribution in [0.25, 0.3) is 11.4 Å². The van der Waals surface area contributed by atoms with Gasteiger partial charge in [0.15, 0.2) is 7.91 Å². The number of nitrogens with zero attached hydrogens (tertiary/aromatic N) is 6. The third kappa shape index (κ3) is 5.12. The summed E-state index contributed by atoms with van der Waals surface area (Å²) in [5, 5.41) is 34.3. The molecule has 36 heavy (non-hydrogen) atoms. The average molecular weight is 555 g/mol. The van der Waals surface area contributed by atoms with E-state index in [0.29, 0.717) is 43.8 Å². The van der Waals surface area contributed by atoms with Crippen LogP contribution in [0.5, 0.6) is 11.8 Å². The van der Waals surface area contributed by atoms with Crippen molar-refractivity contribution in [2.24, 2.45) is 10.2 Å². The van der Waals surface area contributed by atoms with E-state index in [1.54, 1.807) is 21.6 Å². The van der Waals surface area contributed by atoms with Gasteiger partial charge in [0.25, 0.3) is 0 Å². The second-order valence-electron chi connectivity index (χ2n) is 7.85. The van der Waals surface area contributed by atoms with Gasteiger partial charge < -0.3 is 10.2 Å². The van der Waals surface area contributed by atoms with Gasteiger partial charge in [-0.25, -0.2) is 0 Å². The van der Waals surface area contributed by atoms with Crippen LogP contribution >= 0.6 is 47.1 Å². The quantitative estimate of drug-likeness (QED) is 0.250. The van der Waals surface area contributed by atoms with E-state index < -0.39 is 0 Å². The molecule has 3 heterocycles. The molecule has 5 rings (SSSR count). The van der Waals surface area contributed by atoms with E-state index in [0.717, 1.165) is 11.4 Å². The third-order valence-corrected chi connectivity index (χ3v) is 8.16. The van der Waals surface area contributed by atoms with E-state index in [2.05, 4.69) is 10.2 Å². The standard InChI is InChI=1S/C24H22N6O2S4/c31-21-19(35-23(33)29(21)17-7-3-1-4-8-17)15-25-27-11-13-28(14-12-27)26-16-20-22(32)30(24(34)36-20)18-9-5-2-6-10-18/h1-10,15-16,31-32H,11-14H2/b25-15-,26-16+. The van der Waals surface area contributed by atoms with Gasteiger partial charge in [0, 0.05) is 0 Å². The Bertz CT molecular complexity index is 1400. The molecule has 1 saturated heterocycles. The number of aromatic nitrogens is 2. The number of hydrogen-bond donors (Lipinski definition) is 2. The van der Waals surface area contributed by atoms with Gasteiger partial charge >= 0.3 is 0 Å². The molecular weight excluding hydrogens is 533 g/mol. The highest BCUT2D eigenvalue weighted by Gasteiger charge is 2.17. The first-order valence-corrected chi connectivity index (χ1v) is 13.5. The van der Waals surface area contributed by atoms with Crippen molar-refractivity contribution in [3.63, 3.8) is 0 Å². The minimum atomic E-state index is 0.0905. The first kappa shape index (κ1) is 24.4. The van der Waals surface area contributed by atoms with Crippen LogP contribution in [0.15, 0.2) is 70.9 Å². The van der Waals surface area contributed by atoms with Crippen LogP contribution in [0.4, 0.5) is 0 Å². The highest BCUT2D eigenvalue weighted by Crippen LogP contribution is 2.29. The normalized spacial score (nSPS) is 14.3. The molecule has 2 aromatic heterocycles. The number of aromatic hydroxyl groups is 2. The highest BCUT2D eigenvalue weighted by atomic mass is 32.2. The molecule has 1 aliphatic heterocycles. The molecule has 0 bridgehead atoms. The molecular formula is C24H22N6O2S4. The molecule has 0 amide bonds. The van der Waals surface area contributed by atoms with Crippen molar-refractivity contribution in [2.75, 3.05) is 26.2 Å². The molecule has 184 valence electrons. The van der Waals surface area contributed by atoms with E-state index in [9.17, 15) is 10.2 Å². The summed E-state index contributed by atoms with van der Waals surface area (Å²) >= 11 is 13.5. The monoisotopic (exact) mass is 554 g/mol. The largest absolute Gasteiger partial charge is 0.493 e. The van der Waals surface area contributed by atoms with Gasteiger partial charge in [-0.15, -0.1) is 0 Å². The number of piperazine rings is 1. The zero-order valence-electron chi connectivity index (χ0n) is 19.0. The molecule has 1 fully saturated rings. The van der Waals surface area contributed by atoms with Crippen molar-refractivity contribution in [2.45, 2.75) is 0 Å². The fourth-order valence-corrected chi connectivity index (χ4v) is 6.16. The van der Waals surface area contributed by atoms with Gasteiger partial charge in [0.1, 0.15) is 9.75 Å². The Morgan fingerprint density at radius 1 is 0.639 bits per heavy atom. The van der Waals surface area contributed by atoms with Gasteiger partial charge in [-0.05, 0) is 48.7 Å². The fraction of sp³-hybridized carbons (Fsp3) is 0.167. The summed E-state index contributed by atoms with van der Waals surface area (Å²) in [5.74, 6) is 0.181. The molecule has 0 radical (unpaired) electrons. The first-order chi connectivity index (χ1) is 17.5. The summed E-state index contributed by atoms with van der Waals surface area (Å²) in [6.07, 6.45) is 3.32. The van der Waals surface area contributed by atoms with Crippen LogP contribution in [0.1, 0.15) is 9.75 Å². The van der Waals surface area contributed by atoms with Crippen LogP contribution in [-0.4, -0.2) is 68.0 Å². The number of benzene rings is 2. The summed E-state index contributed by atoms with van der Waals surface area (Å²) in [6.45, 7) is 2.69. The molecule has 4 aromatic rings. The molecule has 0 unspecified atom stereocenters. The van der Waals surface area contributed by atoms with Gasteiger partial charge in [-0.2, -0.15) is 10.2 Å². The molecule has 2 N–H and O–H groups in total. The number of thiazole rings is 2. The van der Waals surface area contributed by atoms with Crippen LogP contribution in [0.2, 0.25) is 0 Å². The van der Waals surface area contributed by atoms with E-state index in [-0.39, 0.29) is 11.8 Å². The maximum atomic E-state index is 10.7. The Morgan fingerprint density at radius 3 is 1.36 bits per heavy atom. The summed E-state index contributed by atoms with van der Waals surface area (Å²) in [4.78, 5) is 1.23. The van der Waals surface area contributed by atoms with Crippen LogP contribution in [0.3, 0.4) is 0 Å². The zero-order valence-corrected chi connectivity index (χ0v) is 22.2. The summed E-state index contributed by atoms with van der Waals surface area (Å²) in [7, 11) is 0. The number of para-hydroxylation sites is 2. The second kappa shape index (κ2) is 10.7. The maximum absolute atomic E-state index is 10.7. The van der Waals surface area contributed by atoms with Gasteiger partial charge in [-0.1, -0.05) is 59.1 Å². The average Bonchev–Trinajstić information content (AvgIpc) is 3.35. The maximum Gasteiger partial charge on any atom is 0.217 e. The highest BCUT2D eigenvalue weighted by molar-refractivity contribution is 7.73. The van der Waals surface area contributed by atoms with E-state index >= 15 is 0 Å². The van der Waals surface area contributed by atoms with Crippen molar-refractivity contribution < 1.29 is 10.2 Å². The molecule has 0 spiro atoms. The Morgan fingerprint density at radius 2 is 1.00 bits per heavy atom. The Labute approximate surface area is 225 Å². The lowest BCUT2D eigenvalue weighted by atomic mass is 10.3. The predicted octanol–water partition coefficient (Wildman–Crippen LogP) is 5.25. The number of hydrogen-bond acceptors (Lipinski definition) is 10. The first-order valence-electron chi connectivity index (χ1n) is 11.1. The minimum Gasteiger partial charge on any atom is -0.493 e. The summed E-state index contributed by atoms with van der Waals surface area (Å²) in [6, 6.07) is 19.0. The van der Waals surface area contributed by atoms with Gasteiger partial charge in [0.2, 0.25) is 11.8 Å². The molecule has 1 aliphatic rings. The van der Waals surface area contributed by atoms with Gasteiger partial charge in [0.05, 0.1) is 50.0 Å². The van der Waals surface area contributed by atoms with Crippen molar-refractivity contribution in [1.29, 1.82) is 0 Å². The zero-order chi connectivity index (χ0) is 25.1. The summed E-state index contributed by atoms with van der Waals surface area (Å²) < 4.78 is 4.41. The second-order valence-corrected chi connectivity index (χ2v) is 11.2. The molecule has 12 heteroatoms.